The predicted octanol–water partition coefficient (Wildman–Crippen LogP) is 1.80. The summed E-state index contributed by atoms with van der Waals surface area (Å²) in [5.41, 5.74) is 0.806. The van der Waals surface area contributed by atoms with Crippen LogP contribution in [0.5, 0.6) is 0 Å². The number of carbonyl (C=O) groups excluding carboxylic acids is 1. The van der Waals surface area contributed by atoms with Crippen LogP contribution < -0.4 is 10.2 Å². The smallest absolute Gasteiger partial charge is 0.270 e. The summed E-state index contributed by atoms with van der Waals surface area (Å²) in [5.74, 6) is 0.488. The van der Waals surface area contributed by atoms with Crippen LogP contribution in [0.4, 0.5) is 5.82 Å². The molecule has 1 fully saturated rings. The quantitative estimate of drug-likeness (QED) is 0.913. The van der Waals surface area contributed by atoms with E-state index in [-0.39, 0.29) is 11.9 Å². The molecule has 1 amide bonds. The lowest BCUT2D eigenvalue weighted by Gasteiger charge is -2.33. The lowest BCUT2D eigenvalue weighted by molar-refractivity contribution is 0.0926. The van der Waals surface area contributed by atoms with E-state index in [1.54, 1.807) is 18.3 Å². The molecule has 0 spiro atoms. The van der Waals surface area contributed by atoms with Gasteiger partial charge in [0.25, 0.3) is 5.91 Å². The number of pyridine rings is 1. The van der Waals surface area contributed by atoms with Crippen molar-refractivity contribution in [2.45, 2.75) is 18.9 Å². The third-order valence-corrected chi connectivity index (χ3v) is 4.17. The maximum Gasteiger partial charge on any atom is 0.270 e. The van der Waals surface area contributed by atoms with E-state index < -0.39 is 0 Å². The largest absolute Gasteiger partial charge is 0.355 e. The van der Waals surface area contributed by atoms with Gasteiger partial charge in [-0.2, -0.15) is 5.26 Å². The summed E-state index contributed by atoms with van der Waals surface area (Å²) in [6.07, 6.45) is 5.99. The normalized spacial score (nSPS) is 14.9. The van der Waals surface area contributed by atoms with Crippen molar-refractivity contribution >= 4 is 23.3 Å². The molecule has 1 N–H and O–H groups in total. The van der Waals surface area contributed by atoms with E-state index in [9.17, 15) is 4.79 Å². The molecule has 1 aliphatic heterocycles. The molecule has 24 heavy (non-hydrogen) atoms. The highest BCUT2D eigenvalue weighted by Crippen LogP contribution is 2.26. The molecule has 7 nitrogen and oxygen atoms in total. The standard InChI is InChI=1S/C16H15ClN6O/c17-13-7-11(8-18)9-20-15(13)23-5-2-12(3-6-23)22-16(24)14-1-4-19-10-21-14/h1,4,7,9-10,12H,2-3,5-6H2,(H,22,24). The minimum absolute atomic E-state index is 0.0841. The monoisotopic (exact) mass is 342 g/mol. The van der Waals surface area contributed by atoms with E-state index in [1.807, 2.05) is 6.07 Å². The van der Waals surface area contributed by atoms with Gasteiger partial charge in [0.1, 0.15) is 23.9 Å². The Morgan fingerprint density at radius 2 is 2.17 bits per heavy atom. The number of amides is 1. The molecule has 0 saturated carbocycles. The Labute approximate surface area is 144 Å². The van der Waals surface area contributed by atoms with Crippen LogP contribution >= 0.6 is 11.6 Å². The fourth-order valence-corrected chi connectivity index (χ4v) is 2.93. The number of hydrogen-bond donors (Lipinski definition) is 1. The number of halogens is 1. The summed E-state index contributed by atoms with van der Waals surface area (Å²) >= 11 is 6.20. The van der Waals surface area contributed by atoms with E-state index in [1.165, 1.54) is 12.5 Å². The molecule has 1 saturated heterocycles. The summed E-state index contributed by atoms with van der Waals surface area (Å²) in [4.78, 5) is 26.2. The van der Waals surface area contributed by atoms with Gasteiger partial charge in [-0.05, 0) is 25.0 Å². The molecule has 3 heterocycles. The minimum atomic E-state index is -0.189. The molecular formula is C16H15ClN6O. The van der Waals surface area contributed by atoms with Crippen molar-refractivity contribution < 1.29 is 4.79 Å². The van der Waals surface area contributed by atoms with Crippen molar-refractivity contribution in [1.82, 2.24) is 20.3 Å². The molecule has 0 aliphatic carbocycles. The first-order valence-corrected chi connectivity index (χ1v) is 7.92. The van der Waals surface area contributed by atoms with E-state index in [4.69, 9.17) is 16.9 Å². The Balaban J connectivity index is 1.58. The number of aromatic nitrogens is 3. The molecule has 0 unspecified atom stereocenters. The summed E-state index contributed by atoms with van der Waals surface area (Å²) < 4.78 is 0. The number of nitrogens with one attached hydrogen (secondary N) is 1. The van der Waals surface area contributed by atoms with Gasteiger partial charge < -0.3 is 10.2 Å². The van der Waals surface area contributed by atoms with Gasteiger partial charge in [-0.3, -0.25) is 4.79 Å². The molecular weight excluding hydrogens is 328 g/mol. The lowest BCUT2D eigenvalue weighted by atomic mass is 10.0. The van der Waals surface area contributed by atoms with E-state index in [2.05, 4.69) is 25.2 Å². The summed E-state index contributed by atoms with van der Waals surface area (Å²) in [6.45, 7) is 1.46. The van der Waals surface area contributed by atoms with Crippen molar-refractivity contribution in [3.63, 3.8) is 0 Å². The summed E-state index contributed by atoms with van der Waals surface area (Å²) in [5, 5.41) is 12.3. The predicted molar refractivity (Wildman–Crippen MR) is 88.7 cm³/mol. The van der Waals surface area contributed by atoms with E-state index >= 15 is 0 Å². The first-order valence-electron chi connectivity index (χ1n) is 7.55. The molecule has 122 valence electrons. The van der Waals surface area contributed by atoms with Gasteiger partial charge >= 0.3 is 0 Å². The average molecular weight is 343 g/mol. The fourth-order valence-electron chi connectivity index (χ4n) is 2.64. The second-order valence-electron chi connectivity index (χ2n) is 5.47. The molecule has 0 atom stereocenters. The van der Waals surface area contributed by atoms with Crippen LogP contribution in [-0.4, -0.2) is 40.0 Å². The zero-order valence-electron chi connectivity index (χ0n) is 12.8. The molecule has 0 aromatic carbocycles. The molecule has 3 rings (SSSR count). The van der Waals surface area contributed by atoms with Crippen LogP contribution in [0.3, 0.4) is 0 Å². The topological polar surface area (TPSA) is 94.8 Å². The number of anilines is 1. The van der Waals surface area contributed by atoms with Gasteiger partial charge in [0, 0.05) is 31.5 Å². The van der Waals surface area contributed by atoms with Crippen molar-refractivity contribution in [2.24, 2.45) is 0 Å². The zero-order chi connectivity index (χ0) is 16.9. The zero-order valence-corrected chi connectivity index (χ0v) is 13.6. The van der Waals surface area contributed by atoms with E-state index in [0.29, 0.717) is 22.1 Å². The Morgan fingerprint density at radius 1 is 1.38 bits per heavy atom. The summed E-state index contributed by atoms with van der Waals surface area (Å²) in [7, 11) is 0. The highest BCUT2D eigenvalue weighted by molar-refractivity contribution is 6.33. The Bertz CT molecular complexity index is 768. The van der Waals surface area contributed by atoms with Gasteiger partial charge in [-0.1, -0.05) is 11.6 Å². The SMILES string of the molecule is N#Cc1cnc(N2CCC(NC(=O)c3ccncn3)CC2)c(Cl)c1. The van der Waals surface area contributed by atoms with Gasteiger partial charge in [-0.25, -0.2) is 15.0 Å². The number of nitriles is 1. The third kappa shape index (κ3) is 3.60. The first-order chi connectivity index (χ1) is 11.7. The van der Waals surface area contributed by atoms with Gasteiger partial charge in [0.15, 0.2) is 0 Å². The fraction of sp³-hybridized carbons (Fsp3) is 0.312. The van der Waals surface area contributed by atoms with Crippen LogP contribution in [0, 0.1) is 11.3 Å². The molecule has 1 aliphatic rings. The molecule has 8 heteroatoms. The highest BCUT2D eigenvalue weighted by Gasteiger charge is 2.23. The van der Waals surface area contributed by atoms with Crippen molar-refractivity contribution in [3.05, 3.63) is 47.1 Å². The number of nitrogens with zero attached hydrogens (tertiary/aromatic N) is 5. The highest BCUT2D eigenvalue weighted by atomic mass is 35.5. The Kier molecular flexibility index (Phi) is 4.87. The molecule has 0 bridgehead atoms. The first kappa shape index (κ1) is 16.1. The van der Waals surface area contributed by atoms with Crippen LogP contribution in [0.25, 0.3) is 0 Å². The van der Waals surface area contributed by atoms with Crippen LogP contribution in [0.2, 0.25) is 5.02 Å². The molecule has 2 aromatic rings. The second-order valence-corrected chi connectivity index (χ2v) is 5.88. The average Bonchev–Trinajstić information content (AvgIpc) is 2.63. The second kappa shape index (κ2) is 7.23. The van der Waals surface area contributed by atoms with Gasteiger partial charge in [-0.15, -0.1) is 0 Å². The van der Waals surface area contributed by atoms with Crippen LogP contribution in [0.15, 0.2) is 30.9 Å². The number of piperidine rings is 1. The van der Waals surface area contributed by atoms with Crippen molar-refractivity contribution in [3.8, 4) is 6.07 Å². The molecule has 0 radical (unpaired) electrons. The molecule has 2 aromatic heterocycles. The Morgan fingerprint density at radius 3 is 2.79 bits per heavy atom. The van der Waals surface area contributed by atoms with Crippen molar-refractivity contribution in [2.75, 3.05) is 18.0 Å². The Hall–Kier alpha value is -2.72. The number of rotatable bonds is 3. The van der Waals surface area contributed by atoms with Gasteiger partial charge in [0.2, 0.25) is 0 Å². The third-order valence-electron chi connectivity index (χ3n) is 3.90. The maximum atomic E-state index is 12.1. The van der Waals surface area contributed by atoms with Crippen LogP contribution in [0.1, 0.15) is 28.9 Å². The number of carbonyl (C=O) groups is 1. The number of hydrogen-bond acceptors (Lipinski definition) is 6. The lowest BCUT2D eigenvalue weighted by Crippen LogP contribution is -2.45. The maximum absolute atomic E-state index is 12.1. The minimum Gasteiger partial charge on any atom is -0.355 e. The van der Waals surface area contributed by atoms with E-state index in [0.717, 1.165) is 25.9 Å². The summed E-state index contributed by atoms with van der Waals surface area (Å²) in [6, 6.07) is 5.31. The van der Waals surface area contributed by atoms with Crippen LogP contribution in [-0.2, 0) is 0 Å². The van der Waals surface area contributed by atoms with Crippen molar-refractivity contribution in [1.29, 1.82) is 5.26 Å². The van der Waals surface area contributed by atoms with Gasteiger partial charge in [0.05, 0.1) is 10.6 Å².